The summed E-state index contributed by atoms with van der Waals surface area (Å²) < 4.78 is 31.7. The van der Waals surface area contributed by atoms with Crippen LogP contribution in [0.4, 0.5) is 18.9 Å². The van der Waals surface area contributed by atoms with Gasteiger partial charge in [-0.15, -0.1) is 0 Å². The van der Waals surface area contributed by atoms with E-state index in [1.165, 1.54) is 32.1 Å². The van der Waals surface area contributed by atoms with E-state index >= 15 is 0 Å². The number of carboxylic acid groups (broad SMARTS) is 1. The van der Waals surface area contributed by atoms with E-state index in [0.29, 0.717) is 12.3 Å². The Balaban J connectivity index is 0.000000479. The van der Waals surface area contributed by atoms with Gasteiger partial charge in [-0.05, 0) is 55.7 Å². The van der Waals surface area contributed by atoms with Gasteiger partial charge in [-0.25, -0.2) is 4.79 Å². The summed E-state index contributed by atoms with van der Waals surface area (Å²) in [5.41, 5.74) is 1.55. The number of hydrogen-bond donors (Lipinski definition) is 3. The maximum Gasteiger partial charge on any atom is 0.490 e. The van der Waals surface area contributed by atoms with Gasteiger partial charge < -0.3 is 15.7 Å². The Bertz CT molecular complexity index is 799. The molecule has 184 valence electrons. The van der Waals surface area contributed by atoms with E-state index in [9.17, 15) is 22.8 Å². The zero-order chi connectivity index (χ0) is 24.5. The minimum atomic E-state index is -5.08. The van der Waals surface area contributed by atoms with E-state index in [1.54, 1.807) is 0 Å². The lowest BCUT2D eigenvalue weighted by Crippen LogP contribution is -2.38. The molecule has 0 radical (unpaired) electrons. The van der Waals surface area contributed by atoms with Crippen molar-refractivity contribution in [2.24, 2.45) is 5.92 Å². The van der Waals surface area contributed by atoms with Gasteiger partial charge in [0.15, 0.2) is 0 Å². The van der Waals surface area contributed by atoms with Crippen LogP contribution in [0.2, 0.25) is 0 Å². The summed E-state index contributed by atoms with van der Waals surface area (Å²) in [6.07, 6.45) is 5.70. The Morgan fingerprint density at radius 2 is 1.64 bits per heavy atom. The van der Waals surface area contributed by atoms with Gasteiger partial charge in [0.25, 0.3) is 0 Å². The van der Waals surface area contributed by atoms with Crippen molar-refractivity contribution in [3.63, 3.8) is 0 Å². The third-order valence-electron chi connectivity index (χ3n) is 6.18. The van der Waals surface area contributed by atoms with Crippen LogP contribution in [-0.2, 0) is 19.8 Å². The van der Waals surface area contributed by atoms with Crippen LogP contribution in [0.25, 0.3) is 0 Å². The van der Waals surface area contributed by atoms with Crippen molar-refractivity contribution < 1.29 is 32.7 Å². The number of halogens is 3. The summed E-state index contributed by atoms with van der Waals surface area (Å²) in [6.45, 7) is 2.91. The van der Waals surface area contributed by atoms with E-state index in [0.717, 1.165) is 43.5 Å². The van der Waals surface area contributed by atoms with Crippen molar-refractivity contribution >= 4 is 23.5 Å². The van der Waals surface area contributed by atoms with E-state index in [-0.39, 0.29) is 17.2 Å². The van der Waals surface area contributed by atoms with Gasteiger partial charge in [-0.2, -0.15) is 13.2 Å². The Labute approximate surface area is 192 Å². The van der Waals surface area contributed by atoms with Crippen LogP contribution in [0.3, 0.4) is 0 Å². The fourth-order valence-electron chi connectivity index (χ4n) is 4.00. The van der Waals surface area contributed by atoms with E-state index in [4.69, 9.17) is 9.90 Å². The number of unbranched alkanes of at least 4 members (excludes halogenated alkanes) is 1. The Kier molecular flexibility index (Phi) is 9.73. The molecule has 9 heteroatoms. The molecule has 6 nitrogen and oxygen atoms in total. The number of anilines is 1. The average Bonchev–Trinajstić information content (AvgIpc) is 3.59. The molecule has 3 rings (SSSR count). The minimum absolute atomic E-state index is 0.0611. The number of carbonyl (C=O) groups is 3. The number of aliphatic carboxylic acids is 1. The molecule has 0 aliphatic heterocycles. The highest BCUT2D eigenvalue weighted by molar-refractivity contribution is 5.92. The van der Waals surface area contributed by atoms with Gasteiger partial charge in [0.05, 0.1) is 5.41 Å². The SMILES string of the molecule is CCCCC(=O)Nc1ccc(C2(C(=O)NCC3CCCCC3)CC2)cc1.O=C(O)C(F)(F)F. The maximum absolute atomic E-state index is 12.8. The van der Waals surface area contributed by atoms with Crippen LogP contribution >= 0.6 is 0 Å². The normalized spacial score (nSPS) is 17.3. The molecule has 0 heterocycles. The first-order chi connectivity index (χ1) is 15.6. The maximum atomic E-state index is 12.8. The van der Waals surface area contributed by atoms with Crippen LogP contribution < -0.4 is 10.6 Å². The van der Waals surface area contributed by atoms with Gasteiger partial charge in [0.1, 0.15) is 0 Å². The van der Waals surface area contributed by atoms with Crippen molar-refractivity contribution in [2.45, 2.75) is 82.7 Å². The van der Waals surface area contributed by atoms with E-state index in [2.05, 4.69) is 17.6 Å². The second kappa shape index (κ2) is 12.0. The number of carboxylic acids is 1. The number of hydrogen-bond acceptors (Lipinski definition) is 3. The molecular weight excluding hydrogens is 437 g/mol. The second-order valence-corrected chi connectivity index (χ2v) is 8.83. The first-order valence-electron chi connectivity index (χ1n) is 11.6. The van der Waals surface area contributed by atoms with Crippen LogP contribution in [0.1, 0.15) is 76.7 Å². The fraction of sp³-hybridized carbons (Fsp3) is 0.625. The largest absolute Gasteiger partial charge is 0.490 e. The first kappa shape index (κ1) is 26.7. The summed E-state index contributed by atoms with van der Waals surface area (Å²) in [7, 11) is 0. The predicted molar refractivity (Wildman–Crippen MR) is 119 cm³/mol. The third-order valence-corrected chi connectivity index (χ3v) is 6.18. The highest BCUT2D eigenvalue weighted by atomic mass is 19.4. The number of nitrogens with one attached hydrogen (secondary N) is 2. The lowest BCUT2D eigenvalue weighted by molar-refractivity contribution is -0.192. The van der Waals surface area contributed by atoms with Crippen molar-refractivity contribution in [3.8, 4) is 0 Å². The molecule has 2 aliphatic rings. The molecule has 3 N–H and O–H groups in total. The monoisotopic (exact) mass is 470 g/mol. The van der Waals surface area contributed by atoms with Crippen molar-refractivity contribution in [1.82, 2.24) is 5.32 Å². The van der Waals surface area contributed by atoms with Gasteiger partial charge >= 0.3 is 12.1 Å². The molecule has 0 atom stereocenters. The number of alkyl halides is 3. The molecule has 0 bridgehead atoms. The summed E-state index contributed by atoms with van der Waals surface area (Å²) in [5.74, 6) is -1.86. The van der Waals surface area contributed by atoms with E-state index < -0.39 is 12.1 Å². The number of carbonyl (C=O) groups excluding carboxylic acids is 2. The number of rotatable bonds is 8. The Morgan fingerprint density at radius 3 is 2.12 bits per heavy atom. The molecule has 1 aromatic carbocycles. The summed E-state index contributed by atoms with van der Waals surface area (Å²) in [4.78, 5) is 33.5. The molecule has 0 spiro atoms. The molecular formula is C24H33F3N2O4. The number of amides is 2. The lowest BCUT2D eigenvalue weighted by atomic mass is 9.88. The highest BCUT2D eigenvalue weighted by Gasteiger charge is 2.51. The van der Waals surface area contributed by atoms with Crippen molar-refractivity contribution in [2.75, 3.05) is 11.9 Å². The van der Waals surface area contributed by atoms with Gasteiger partial charge in [0, 0.05) is 18.7 Å². The van der Waals surface area contributed by atoms with Crippen LogP contribution in [-0.4, -0.2) is 35.6 Å². The quantitative estimate of drug-likeness (QED) is 0.488. The average molecular weight is 471 g/mol. The third kappa shape index (κ3) is 8.37. The molecule has 2 fully saturated rings. The summed E-state index contributed by atoms with van der Waals surface area (Å²) in [6, 6.07) is 7.85. The van der Waals surface area contributed by atoms with Gasteiger partial charge in [-0.3, -0.25) is 9.59 Å². The Hall–Kier alpha value is -2.58. The van der Waals surface area contributed by atoms with Gasteiger partial charge in [-0.1, -0.05) is 44.7 Å². The molecule has 2 amide bonds. The molecule has 2 aliphatic carbocycles. The molecule has 2 saturated carbocycles. The molecule has 33 heavy (non-hydrogen) atoms. The Morgan fingerprint density at radius 1 is 1.06 bits per heavy atom. The first-order valence-corrected chi connectivity index (χ1v) is 11.6. The van der Waals surface area contributed by atoms with Crippen LogP contribution in [0.15, 0.2) is 24.3 Å². The van der Waals surface area contributed by atoms with Crippen LogP contribution in [0.5, 0.6) is 0 Å². The summed E-state index contributed by atoms with van der Waals surface area (Å²) >= 11 is 0. The van der Waals surface area contributed by atoms with Gasteiger partial charge in [0.2, 0.25) is 11.8 Å². The number of benzene rings is 1. The topological polar surface area (TPSA) is 95.5 Å². The smallest absolute Gasteiger partial charge is 0.475 e. The molecule has 0 saturated heterocycles. The summed E-state index contributed by atoms with van der Waals surface area (Å²) in [5, 5.41) is 13.3. The zero-order valence-electron chi connectivity index (χ0n) is 19.0. The second-order valence-electron chi connectivity index (χ2n) is 8.83. The molecule has 0 aromatic heterocycles. The van der Waals surface area contributed by atoms with Crippen molar-refractivity contribution in [3.05, 3.63) is 29.8 Å². The standard InChI is InChI=1S/C22H32N2O2.C2HF3O2/c1-2-3-9-20(25)24-19-12-10-18(11-13-19)22(14-15-22)21(26)23-16-17-7-5-4-6-8-17;3-2(4,5)1(6)7/h10-13,17H,2-9,14-16H2,1H3,(H,23,26)(H,24,25);(H,6,7). The lowest BCUT2D eigenvalue weighted by Gasteiger charge is -2.23. The zero-order valence-corrected chi connectivity index (χ0v) is 19.0. The predicted octanol–water partition coefficient (Wildman–Crippen LogP) is 5.18. The van der Waals surface area contributed by atoms with E-state index in [1.807, 2.05) is 24.3 Å². The van der Waals surface area contributed by atoms with Crippen molar-refractivity contribution in [1.29, 1.82) is 0 Å². The van der Waals surface area contributed by atoms with Crippen LogP contribution in [0, 0.1) is 5.92 Å². The highest BCUT2D eigenvalue weighted by Crippen LogP contribution is 2.48. The molecule has 0 unspecified atom stereocenters. The fourth-order valence-corrected chi connectivity index (χ4v) is 4.00. The minimum Gasteiger partial charge on any atom is -0.475 e. The molecule has 1 aromatic rings.